The highest BCUT2D eigenvalue weighted by molar-refractivity contribution is 5.94. The molecule has 0 aliphatic rings. The molecule has 3 amide bonds. The van der Waals surface area contributed by atoms with E-state index in [1.807, 2.05) is 13.8 Å². The minimum absolute atomic E-state index is 0.0568. The maximum absolute atomic E-state index is 13.1. The summed E-state index contributed by atoms with van der Waals surface area (Å²) in [6.45, 7) is 5.17. The van der Waals surface area contributed by atoms with Crippen LogP contribution in [0.1, 0.15) is 38.3 Å². The number of aromatic hydroxyl groups is 1. The van der Waals surface area contributed by atoms with Gasteiger partial charge < -0.3 is 31.9 Å². The van der Waals surface area contributed by atoms with Crippen LogP contribution in [0.25, 0.3) is 0 Å². The van der Waals surface area contributed by atoms with E-state index in [1.165, 1.54) is 19.1 Å². The molecule has 2 aromatic rings. The number of hydrogen-bond donors (Lipinski definition) is 6. The Morgan fingerprint density at radius 3 is 1.89 bits per heavy atom. The third kappa shape index (κ3) is 9.23. The first-order valence-corrected chi connectivity index (χ1v) is 12.2. The fraction of sp³-hybridized carbons (Fsp3) is 0.407. The zero-order valence-electron chi connectivity index (χ0n) is 21.3. The van der Waals surface area contributed by atoms with E-state index in [1.54, 1.807) is 42.5 Å². The van der Waals surface area contributed by atoms with Gasteiger partial charge in [0.15, 0.2) is 0 Å². The SMILES string of the molecule is CCC(C)C(N)C(=O)NC(Cc1ccc(O)cc1)C(=O)NC(C)C(=O)NC(Cc1ccccc1)C(=O)O. The third-order valence-corrected chi connectivity index (χ3v) is 6.22. The maximum Gasteiger partial charge on any atom is 0.326 e. The molecule has 0 bridgehead atoms. The fourth-order valence-corrected chi connectivity index (χ4v) is 3.58. The summed E-state index contributed by atoms with van der Waals surface area (Å²) in [7, 11) is 0. The molecular formula is C27H36N4O6. The smallest absolute Gasteiger partial charge is 0.326 e. The molecule has 0 saturated heterocycles. The lowest BCUT2D eigenvalue weighted by Crippen LogP contribution is -2.57. The van der Waals surface area contributed by atoms with E-state index < -0.39 is 47.9 Å². The Labute approximate surface area is 216 Å². The Morgan fingerprint density at radius 2 is 1.32 bits per heavy atom. The molecular weight excluding hydrogens is 476 g/mol. The quantitative estimate of drug-likeness (QED) is 0.233. The van der Waals surface area contributed by atoms with Gasteiger partial charge in [-0.25, -0.2) is 4.79 Å². The number of carboxylic acid groups (broad SMARTS) is 1. The highest BCUT2D eigenvalue weighted by Gasteiger charge is 2.29. The number of amides is 3. The van der Waals surface area contributed by atoms with Crippen molar-refractivity contribution in [1.82, 2.24) is 16.0 Å². The van der Waals surface area contributed by atoms with Gasteiger partial charge in [0.1, 0.15) is 23.9 Å². The predicted molar refractivity (Wildman–Crippen MR) is 138 cm³/mol. The lowest BCUT2D eigenvalue weighted by atomic mass is 9.98. The van der Waals surface area contributed by atoms with Gasteiger partial charge in [0.2, 0.25) is 17.7 Å². The van der Waals surface area contributed by atoms with E-state index in [9.17, 15) is 29.4 Å². The van der Waals surface area contributed by atoms with Crippen molar-refractivity contribution in [3.8, 4) is 5.75 Å². The number of carbonyl (C=O) groups is 4. The summed E-state index contributed by atoms with van der Waals surface area (Å²) in [6, 6.07) is 10.9. The summed E-state index contributed by atoms with van der Waals surface area (Å²) in [5.74, 6) is -3.06. The Balaban J connectivity index is 2.10. The van der Waals surface area contributed by atoms with Crippen molar-refractivity contribution in [2.45, 2.75) is 64.2 Å². The van der Waals surface area contributed by atoms with Gasteiger partial charge in [-0.1, -0.05) is 62.7 Å². The molecule has 0 heterocycles. The zero-order valence-corrected chi connectivity index (χ0v) is 21.3. The number of nitrogens with two attached hydrogens (primary N) is 1. The first-order valence-electron chi connectivity index (χ1n) is 12.2. The van der Waals surface area contributed by atoms with Crippen LogP contribution in [-0.4, -0.2) is 58.1 Å². The number of hydrogen-bond acceptors (Lipinski definition) is 6. The Morgan fingerprint density at radius 1 is 0.784 bits per heavy atom. The fourth-order valence-electron chi connectivity index (χ4n) is 3.58. The van der Waals surface area contributed by atoms with Crippen LogP contribution in [0.5, 0.6) is 5.75 Å². The summed E-state index contributed by atoms with van der Waals surface area (Å²) in [5, 5.41) is 26.8. The molecule has 2 rings (SSSR count). The molecule has 0 aliphatic heterocycles. The normalized spacial score (nSPS) is 14.9. The van der Waals surface area contributed by atoms with Crippen LogP contribution in [-0.2, 0) is 32.0 Å². The van der Waals surface area contributed by atoms with Gasteiger partial charge in [0.05, 0.1) is 6.04 Å². The summed E-state index contributed by atoms with van der Waals surface area (Å²) in [6.07, 6.45) is 0.842. The number of carboxylic acids is 1. The molecule has 37 heavy (non-hydrogen) atoms. The zero-order chi connectivity index (χ0) is 27.5. The molecule has 0 aromatic heterocycles. The predicted octanol–water partition coefficient (Wildman–Crippen LogP) is 1.11. The van der Waals surface area contributed by atoms with Crippen LogP contribution in [0.3, 0.4) is 0 Å². The molecule has 0 aliphatic carbocycles. The Hall–Kier alpha value is -3.92. The average molecular weight is 513 g/mol. The monoisotopic (exact) mass is 512 g/mol. The lowest BCUT2D eigenvalue weighted by Gasteiger charge is -2.25. The van der Waals surface area contributed by atoms with Crippen molar-refractivity contribution >= 4 is 23.7 Å². The molecule has 5 atom stereocenters. The maximum atomic E-state index is 13.1. The molecule has 0 saturated carbocycles. The van der Waals surface area contributed by atoms with Crippen LogP contribution in [0.4, 0.5) is 0 Å². The van der Waals surface area contributed by atoms with E-state index >= 15 is 0 Å². The number of carbonyl (C=O) groups excluding carboxylic acids is 3. The van der Waals surface area contributed by atoms with Crippen LogP contribution >= 0.6 is 0 Å². The van der Waals surface area contributed by atoms with Crippen molar-refractivity contribution in [3.63, 3.8) is 0 Å². The number of phenols is 1. The second-order valence-electron chi connectivity index (χ2n) is 9.16. The minimum Gasteiger partial charge on any atom is -0.508 e. The molecule has 10 heteroatoms. The third-order valence-electron chi connectivity index (χ3n) is 6.22. The van der Waals surface area contributed by atoms with Crippen molar-refractivity contribution in [1.29, 1.82) is 0 Å². The number of rotatable bonds is 13. The summed E-state index contributed by atoms with van der Waals surface area (Å²) < 4.78 is 0. The van der Waals surface area contributed by atoms with Gasteiger partial charge in [-0.15, -0.1) is 0 Å². The molecule has 200 valence electrons. The van der Waals surface area contributed by atoms with Crippen LogP contribution in [0.2, 0.25) is 0 Å². The Bertz CT molecular complexity index is 1060. The van der Waals surface area contributed by atoms with Crippen LogP contribution in [0.15, 0.2) is 54.6 Å². The summed E-state index contributed by atoms with van der Waals surface area (Å²) in [4.78, 5) is 50.3. The summed E-state index contributed by atoms with van der Waals surface area (Å²) in [5.41, 5.74) is 7.44. The molecule has 2 aromatic carbocycles. The Kier molecular flexibility index (Phi) is 11.1. The van der Waals surface area contributed by atoms with Gasteiger partial charge >= 0.3 is 5.97 Å². The minimum atomic E-state index is -1.20. The highest BCUT2D eigenvalue weighted by atomic mass is 16.4. The molecule has 0 radical (unpaired) electrons. The number of benzene rings is 2. The summed E-state index contributed by atoms with van der Waals surface area (Å²) >= 11 is 0. The molecule has 10 nitrogen and oxygen atoms in total. The van der Waals surface area contributed by atoms with E-state index in [2.05, 4.69) is 16.0 Å². The van der Waals surface area contributed by atoms with Crippen molar-refractivity contribution < 1.29 is 29.4 Å². The number of phenolic OH excluding ortho intramolecular Hbond substituents is 1. The topological polar surface area (TPSA) is 171 Å². The van der Waals surface area contributed by atoms with Gasteiger partial charge in [0.25, 0.3) is 0 Å². The standard InChI is InChI=1S/C27H36N4O6/c1-4-16(2)23(28)26(35)30-21(14-19-10-12-20(32)13-11-19)25(34)29-17(3)24(33)31-22(27(36)37)15-18-8-6-5-7-9-18/h5-13,16-17,21-23,32H,4,14-15,28H2,1-3H3,(H,29,34)(H,30,35)(H,31,33)(H,36,37). The van der Waals surface area contributed by atoms with Gasteiger partial charge in [-0.05, 0) is 36.1 Å². The molecule has 0 spiro atoms. The second-order valence-corrected chi connectivity index (χ2v) is 9.16. The average Bonchev–Trinajstić information content (AvgIpc) is 2.88. The molecule has 7 N–H and O–H groups in total. The molecule has 0 fully saturated rings. The van der Waals surface area contributed by atoms with E-state index in [4.69, 9.17) is 5.73 Å². The largest absolute Gasteiger partial charge is 0.508 e. The second kappa shape index (κ2) is 14.0. The first kappa shape index (κ1) is 29.3. The highest BCUT2D eigenvalue weighted by Crippen LogP contribution is 2.13. The van der Waals surface area contributed by atoms with Gasteiger partial charge in [0, 0.05) is 12.8 Å². The van der Waals surface area contributed by atoms with E-state index in [0.29, 0.717) is 12.0 Å². The van der Waals surface area contributed by atoms with Crippen LogP contribution < -0.4 is 21.7 Å². The number of nitrogens with one attached hydrogen (secondary N) is 3. The number of aliphatic carboxylic acids is 1. The van der Waals surface area contributed by atoms with E-state index in [0.717, 1.165) is 5.56 Å². The lowest BCUT2D eigenvalue weighted by molar-refractivity contribution is -0.142. The van der Waals surface area contributed by atoms with Crippen molar-refractivity contribution in [3.05, 3.63) is 65.7 Å². The van der Waals surface area contributed by atoms with E-state index in [-0.39, 0.29) is 24.5 Å². The molecule has 5 unspecified atom stereocenters. The first-order chi connectivity index (χ1) is 17.5. The van der Waals surface area contributed by atoms with Gasteiger partial charge in [-0.2, -0.15) is 0 Å². The van der Waals surface area contributed by atoms with Crippen LogP contribution in [0, 0.1) is 5.92 Å². The van der Waals surface area contributed by atoms with Crippen molar-refractivity contribution in [2.75, 3.05) is 0 Å². The van der Waals surface area contributed by atoms with Crippen molar-refractivity contribution in [2.24, 2.45) is 11.7 Å². The van der Waals surface area contributed by atoms with Gasteiger partial charge in [-0.3, -0.25) is 14.4 Å².